The lowest BCUT2D eigenvalue weighted by Crippen LogP contribution is -2.60. The number of methoxy groups -OCH3 is 2. The third kappa shape index (κ3) is 2.95. The van der Waals surface area contributed by atoms with Crippen LogP contribution in [0.25, 0.3) is 0 Å². The predicted molar refractivity (Wildman–Crippen MR) is 107 cm³/mol. The van der Waals surface area contributed by atoms with Gasteiger partial charge in [-0.3, -0.25) is 4.79 Å². The number of carboxylic acids is 1. The van der Waals surface area contributed by atoms with Crippen LogP contribution >= 0.6 is 0 Å². The molecule has 4 rings (SSSR count). The van der Waals surface area contributed by atoms with E-state index in [0.29, 0.717) is 23.5 Å². The summed E-state index contributed by atoms with van der Waals surface area (Å²) < 4.78 is 10.7. The molecule has 0 spiro atoms. The highest BCUT2D eigenvalue weighted by molar-refractivity contribution is 5.99. The van der Waals surface area contributed by atoms with E-state index in [1.807, 2.05) is 24.3 Å². The van der Waals surface area contributed by atoms with Crippen LogP contribution in [0.2, 0.25) is 0 Å². The third-order valence-electron chi connectivity index (χ3n) is 6.10. The molecule has 0 unspecified atom stereocenters. The van der Waals surface area contributed by atoms with Crippen LogP contribution in [0.5, 0.6) is 11.5 Å². The Balaban J connectivity index is 1.78. The first-order chi connectivity index (χ1) is 14.0. The molecule has 0 radical (unpaired) electrons. The maximum Gasteiger partial charge on any atom is 0.330 e. The van der Waals surface area contributed by atoms with Gasteiger partial charge in [0.2, 0.25) is 0 Å². The molecular formula is C23H23NO5. The number of allylic oxidation sites excluding steroid dienone is 1. The minimum Gasteiger partial charge on any atom is -0.493 e. The summed E-state index contributed by atoms with van der Waals surface area (Å²) in [5.74, 6) is -0.990. The monoisotopic (exact) mass is 393 g/mol. The molecule has 0 aromatic heterocycles. The van der Waals surface area contributed by atoms with Crippen molar-refractivity contribution in [2.75, 3.05) is 14.2 Å². The smallest absolute Gasteiger partial charge is 0.330 e. The Morgan fingerprint density at radius 2 is 1.76 bits per heavy atom. The van der Waals surface area contributed by atoms with E-state index >= 15 is 0 Å². The van der Waals surface area contributed by atoms with Crippen LogP contribution in [0, 0.1) is 11.8 Å². The lowest BCUT2D eigenvalue weighted by atomic mass is 9.72. The van der Waals surface area contributed by atoms with Crippen molar-refractivity contribution in [2.45, 2.75) is 17.9 Å². The van der Waals surface area contributed by atoms with Gasteiger partial charge < -0.3 is 19.9 Å². The molecule has 6 nitrogen and oxygen atoms in total. The van der Waals surface area contributed by atoms with E-state index in [2.05, 4.69) is 11.4 Å². The van der Waals surface area contributed by atoms with Gasteiger partial charge in [-0.15, -0.1) is 0 Å². The Morgan fingerprint density at radius 1 is 1.03 bits per heavy atom. The number of rotatable bonds is 6. The van der Waals surface area contributed by atoms with E-state index in [-0.39, 0.29) is 17.7 Å². The second kappa shape index (κ2) is 7.28. The number of benzene rings is 2. The fourth-order valence-corrected chi connectivity index (χ4v) is 4.80. The van der Waals surface area contributed by atoms with Crippen molar-refractivity contribution in [3.8, 4) is 11.5 Å². The van der Waals surface area contributed by atoms with Crippen LogP contribution in [-0.2, 0) is 4.79 Å². The molecule has 1 amide bonds. The second-order valence-electron chi connectivity index (χ2n) is 7.48. The average molecular weight is 393 g/mol. The van der Waals surface area contributed by atoms with Crippen molar-refractivity contribution in [1.29, 1.82) is 0 Å². The summed E-state index contributed by atoms with van der Waals surface area (Å²) in [6.45, 7) is 0. The topological polar surface area (TPSA) is 84.9 Å². The summed E-state index contributed by atoms with van der Waals surface area (Å²) in [7, 11) is 3.10. The van der Waals surface area contributed by atoms with Crippen LogP contribution < -0.4 is 14.8 Å². The zero-order valence-electron chi connectivity index (χ0n) is 16.3. The molecule has 150 valence electrons. The van der Waals surface area contributed by atoms with E-state index < -0.39 is 17.4 Å². The highest BCUT2D eigenvalue weighted by Gasteiger charge is 2.62. The van der Waals surface area contributed by atoms with Crippen molar-refractivity contribution < 1.29 is 24.2 Å². The van der Waals surface area contributed by atoms with E-state index in [9.17, 15) is 14.7 Å². The first-order valence-electron chi connectivity index (χ1n) is 9.52. The van der Waals surface area contributed by atoms with Crippen LogP contribution in [0.3, 0.4) is 0 Å². The molecule has 1 fully saturated rings. The van der Waals surface area contributed by atoms with Gasteiger partial charge in [0.05, 0.1) is 14.2 Å². The maximum atomic E-state index is 12.9. The van der Waals surface area contributed by atoms with Crippen LogP contribution in [-0.4, -0.2) is 36.7 Å². The highest BCUT2D eigenvalue weighted by Crippen LogP contribution is 2.56. The number of ether oxygens (including phenoxy) is 2. The fraction of sp³-hybridized carbons (Fsp3) is 0.304. The summed E-state index contributed by atoms with van der Waals surface area (Å²) >= 11 is 0. The number of hydrogen-bond donors (Lipinski definition) is 2. The number of hydrogen-bond acceptors (Lipinski definition) is 4. The summed E-state index contributed by atoms with van der Waals surface area (Å²) in [6, 6.07) is 14.1. The molecule has 0 aliphatic heterocycles. The Kier molecular flexibility index (Phi) is 4.78. The van der Waals surface area contributed by atoms with E-state index in [4.69, 9.17) is 9.47 Å². The fourth-order valence-electron chi connectivity index (χ4n) is 4.80. The second-order valence-corrected chi connectivity index (χ2v) is 7.48. The van der Waals surface area contributed by atoms with Gasteiger partial charge >= 0.3 is 5.97 Å². The van der Waals surface area contributed by atoms with Crippen molar-refractivity contribution in [3.63, 3.8) is 0 Å². The Bertz CT molecular complexity index is 970. The highest BCUT2D eigenvalue weighted by atomic mass is 16.5. The average Bonchev–Trinajstić information content (AvgIpc) is 3.34. The minimum absolute atomic E-state index is 0.0188. The molecule has 2 bridgehead atoms. The zero-order chi connectivity index (χ0) is 20.6. The van der Waals surface area contributed by atoms with Crippen molar-refractivity contribution in [1.82, 2.24) is 5.32 Å². The number of amides is 1. The minimum atomic E-state index is -1.42. The molecule has 2 aromatic rings. The standard InChI is InChI=1S/C23H23NO5/c1-28-18-11-9-16(13-19(18)29-2)20-15-8-10-17(12-15)23(20,22(26)27)24-21(25)14-6-4-3-5-7-14/h3-11,13,15,17,20H,12H2,1-2H3,(H,24,25)(H,26,27)/t15-,17+,20+,23+/m0/s1. The molecule has 29 heavy (non-hydrogen) atoms. The summed E-state index contributed by atoms with van der Waals surface area (Å²) in [5.41, 5.74) is -0.187. The number of fused-ring (bicyclic) bond motifs is 2. The number of aliphatic carboxylic acids is 1. The van der Waals surface area contributed by atoms with Gasteiger partial charge in [0.25, 0.3) is 5.91 Å². The van der Waals surface area contributed by atoms with E-state index in [1.54, 1.807) is 44.6 Å². The predicted octanol–water partition coefficient (Wildman–Crippen LogP) is 3.25. The lowest BCUT2D eigenvalue weighted by molar-refractivity contribution is -0.146. The summed E-state index contributed by atoms with van der Waals surface area (Å²) in [6.07, 6.45) is 4.66. The molecule has 2 aromatic carbocycles. The normalized spacial score (nSPS) is 26.9. The van der Waals surface area contributed by atoms with Gasteiger partial charge in [-0.2, -0.15) is 0 Å². The SMILES string of the molecule is COc1ccc([C@H]2[C@H]3C=C[C@H](C3)[C@]2(NC(=O)c2ccccc2)C(=O)O)cc1OC. The molecule has 2 N–H and O–H groups in total. The number of carbonyl (C=O) groups is 2. The third-order valence-corrected chi connectivity index (χ3v) is 6.10. The molecule has 2 aliphatic carbocycles. The van der Waals surface area contributed by atoms with Gasteiger partial charge in [-0.05, 0) is 42.2 Å². The Labute approximate surface area is 169 Å². The lowest BCUT2D eigenvalue weighted by Gasteiger charge is -2.39. The quantitative estimate of drug-likeness (QED) is 0.736. The zero-order valence-corrected chi connectivity index (χ0v) is 16.3. The van der Waals surface area contributed by atoms with Crippen molar-refractivity contribution in [2.24, 2.45) is 11.8 Å². The van der Waals surface area contributed by atoms with Crippen molar-refractivity contribution >= 4 is 11.9 Å². The van der Waals surface area contributed by atoms with Gasteiger partial charge in [-0.1, -0.05) is 36.4 Å². The van der Waals surface area contributed by atoms with Gasteiger partial charge in [0, 0.05) is 17.4 Å². The van der Waals surface area contributed by atoms with E-state index in [0.717, 1.165) is 5.56 Å². The van der Waals surface area contributed by atoms with Gasteiger partial charge in [0.1, 0.15) is 0 Å². The van der Waals surface area contributed by atoms with Crippen LogP contribution in [0.15, 0.2) is 60.7 Å². The first-order valence-corrected chi connectivity index (χ1v) is 9.52. The Morgan fingerprint density at radius 3 is 2.41 bits per heavy atom. The molecule has 4 atom stereocenters. The molecule has 0 heterocycles. The summed E-state index contributed by atoms with van der Waals surface area (Å²) in [5, 5.41) is 13.2. The molecule has 2 aliphatic rings. The van der Waals surface area contributed by atoms with Gasteiger partial charge in [0.15, 0.2) is 17.0 Å². The van der Waals surface area contributed by atoms with Crippen molar-refractivity contribution in [3.05, 3.63) is 71.8 Å². The summed E-state index contributed by atoms with van der Waals surface area (Å²) in [4.78, 5) is 25.6. The number of nitrogens with one attached hydrogen (secondary N) is 1. The molecule has 6 heteroatoms. The largest absolute Gasteiger partial charge is 0.493 e. The molecule has 1 saturated carbocycles. The maximum absolute atomic E-state index is 12.9. The van der Waals surface area contributed by atoms with Crippen LogP contribution in [0.1, 0.15) is 28.3 Å². The first kappa shape index (κ1) is 19.1. The van der Waals surface area contributed by atoms with Gasteiger partial charge in [-0.25, -0.2) is 4.79 Å². The van der Waals surface area contributed by atoms with Crippen LogP contribution in [0.4, 0.5) is 0 Å². The molecular weight excluding hydrogens is 370 g/mol. The number of carboxylic acid groups (broad SMARTS) is 1. The molecule has 0 saturated heterocycles. The number of carbonyl (C=O) groups excluding carboxylic acids is 1. The Hall–Kier alpha value is -3.28. The van der Waals surface area contributed by atoms with E-state index in [1.165, 1.54) is 0 Å².